The molecule has 0 heterocycles. The Balaban J connectivity index is 2.61. The van der Waals surface area contributed by atoms with Gasteiger partial charge in [0.05, 0.1) is 6.04 Å². The predicted octanol–water partition coefficient (Wildman–Crippen LogP) is 2.20. The third-order valence-electron chi connectivity index (χ3n) is 3.45. The van der Waals surface area contributed by atoms with Gasteiger partial charge in [0.2, 0.25) is 5.91 Å². The summed E-state index contributed by atoms with van der Waals surface area (Å²) in [6, 6.07) is 9.76. The topological polar surface area (TPSA) is 46.3 Å². The highest BCUT2D eigenvalue weighted by molar-refractivity contribution is 5.82. The van der Waals surface area contributed by atoms with E-state index < -0.39 is 6.04 Å². The summed E-state index contributed by atoms with van der Waals surface area (Å²) in [5.74, 6) is 0.0348. The highest BCUT2D eigenvalue weighted by Crippen LogP contribution is 2.09. The molecular weight excluding hydrogens is 224 g/mol. The number of hydrogen-bond acceptors (Lipinski definition) is 2. The van der Waals surface area contributed by atoms with E-state index in [0.717, 1.165) is 18.4 Å². The van der Waals surface area contributed by atoms with E-state index in [1.165, 1.54) is 0 Å². The molecule has 3 heteroatoms. The second kappa shape index (κ2) is 7.17. The van der Waals surface area contributed by atoms with Gasteiger partial charge >= 0.3 is 0 Å². The summed E-state index contributed by atoms with van der Waals surface area (Å²) in [6.45, 7) is 4.20. The van der Waals surface area contributed by atoms with Crippen LogP contribution < -0.4 is 5.73 Å². The van der Waals surface area contributed by atoms with Crippen LogP contribution in [0, 0.1) is 0 Å². The van der Waals surface area contributed by atoms with E-state index in [9.17, 15) is 4.79 Å². The average molecular weight is 248 g/mol. The van der Waals surface area contributed by atoms with Crippen molar-refractivity contribution in [2.24, 2.45) is 5.73 Å². The first-order chi connectivity index (χ1) is 8.60. The third-order valence-corrected chi connectivity index (χ3v) is 3.45. The maximum Gasteiger partial charge on any atom is 0.239 e. The molecule has 0 unspecified atom stereocenters. The lowest BCUT2D eigenvalue weighted by Gasteiger charge is -2.28. The van der Waals surface area contributed by atoms with Crippen LogP contribution in [0.1, 0.15) is 32.3 Å². The minimum atomic E-state index is -0.446. The van der Waals surface area contributed by atoms with Gasteiger partial charge in [-0.05, 0) is 24.8 Å². The van der Waals surface area contributed by atoms with Gasteiger partial charge in [-0.25, -0.2) is 0 Å². The van der Waals surface area contributed by atoms with E-state index >= 15 is 0 Å². The zero-order valence-electron chi connectivity index (χ0n) is 11.6. The van der Waals surface area contributed by atoms with Crippen molar-refractivity contribution in [1.82, 2.24) is 4.90 Å². The number of amides is 1. The van der Waals surface area contributed by atoms with Crippen LogP contribution in [-0.2, 0) is 11.2 Å². The molecule has 3 nitrogen and oxygen atoms in total. The lowest BCUT2D eigenvalue weighted by molar-refractivity contribution is -0.133. The zero-order chi connectivity index (χ0) is 13.5. The smallest absolute Gasteiger partial charge is 0.239 e. The number of nitrogens with two attached hydrogens (primary N) is 1. The van der Waals surface area contributed by atoms with Crippen LogP contribution in [0.15, 0.2) is 30.3 Å². The lowest BCUT2D eigenvalue weighted by atomic mass is 10.0. The van der Waals surface area contributed by atoms with Gasteiger partial charge in [0, 0.05) is 13.1 Å². The molecule has 1 rings (SSSR count). The van der Waals surface area contributed by atoms with Crippen molar-refractivity contribution < 1.29 is 4.79 Å². The number of carbonyl (C=O) groups excluding carboxylic acids is 1. The van der Waals surface area contributed by atoms with Crippen LogP contribution in [0.4, 0.5) is 0 Å². The molecule has 0 saturated heterocycles. The van der Waals surface area contributed by atoms with Crippen molar-refractivity contribution in [2.45, 2.75) is 45.2 Å². The number of rotatable bonds is 6. The maximum absolute atomic E-state index is 12.2. The van der Waals surface area contributed by atoms with Gasteiger partial charge in [0.25, 0.3) is 0 Å². The van der Waals surface area contributed by atoms with Crippen LogP contribution in [0.2, 0.25) is 0 Å². The normalized spacial score (nSPS) is 12.5. The minimum absolute atomic E-state index is 0.0348. The second-order valence-electron chi connectivity index (χ2n) is 4.72. The van der Waals surface area contributed by atoms with Crippen molar-refractivity contribution in [1.29, 1.82) is 0 Å². The van der Waals surface area contributed by atoms with Crippen LogP contribution in [0.5, 0.6) is 0 Å². The molecule has 1 aromatic rings. The molecule has 0 spiro atoms. The molecule has 0 radical (unpaired) electrons. The van der Waals surface area contributed by atoms with Crippen molar-refractivity contribution in [3.05, 3.63) is 35.9 Å². The van der Waals surface area contributed by atoms with E-state index in [1.807, 2.05) is 37.4 Å². The molecule has 2 N–H and O–H groups in total. The molecule has 0 aliphatic carbocycles. The minimum Gasteiger partial charge on any atom is -0.341 e. The van der Waals surface area contributed by atoms with Crippen LogP contribution in [0.25, 0.3) is 0 Å². The fourth-order valence-corrected chi connectivity index (χ4v) is 2.23. The maximum atomic E-state index is 12.2. The fourth-order valence-electron chi connectivity index (χ4n) is 2.23. The lowest BCUT2D eigenvalue weighted by Crippen LogP contribution is -2.47. The first kappa shape index (κ1) is 14.7. The summed E-state index contributed by atoms with van der Waals surface area (Å²) in [6.07, 6.45) is 2.54. The quantitative estimate of drug-likeness (QED) is 0.839. The number of benzene rings is 1. The summed E-state index contributed by atoms with van der Waals surface area (Å²) < 4.78 is 0. The average Bonchev–Trinajstić information content (AvgIpc) is 2.40. The van der Waals surface area contributed by atoms with Gasteiger partial charge < -0.3 is 10.6 Å². The molecule has 1 aromatic carbocycles. The van der Waals surface area contributed by atoms with Crippen molar-refractivity contribution in [3.63, 3.8) is 0 Å². The van der Waals surface area contributed by atoms with Crippen molar-refractivity contribution in [2.75, 3.05) is 7.05 Å². The SMILES string of the molecule is CCC(CC)N(C)C(=O)[C@@H](N)Cc1ccccc1. The Bertz CT molecular complexity index is 360. The molecule has 0 saturated carbocycles. The van der Waals surface area contributed by atoms with Gasteiger partial charge in [0.1, 0.15) is 0 Å². The second-order valence-corrected chi connectivity index (χ2v) is 4.72. The number of likely N-dealkylation sites (N-methyl/N-ethyl adjacent to an activating group) is 1. The Labute approximate surface area is 110 Å². The van der Waals surface area contributed by atoms with Crippen molar-refractivity contribution in [3.8, 4) is 0 Å². The Morgan fingerprint density at radius 1 is 1.22 bits per heavy atom. The fraction of sp³-hybridized carbons (Fsp3) is 0.533. The summed E-state index contributed by atoms with van der Waals surface area (Å²) in [5, 5.41) is 0. The van der Waals surface area contributed by atoms with Crippen LogP contribution in [0.3, 0.4) is 0 Å². The molecule has 1 amide bonds. The Morgan fingerprint density at radius 2 is 1.78 bits per heavy atom. The standard InChI is InChI=1S/C15H24N2O/c1-4-13(5-2)17(3)15(18)14(16)11-12-9-7-6-8-10-12/h6-10,13-14H,4-5,11,16H2,1-3H3/t14-/m0/s1. The van der Waals surface area contributed by atoms with Crippen LogP contribution >= 0.6 is 0 Å². The van der Waals surface area contributed by atoms with E-state index in [1.54, 1.807) is 4.90 Å². The van der Waals surface area contributed by atoms with Gasteiger partial charge in [0.15, 0.2) is 0 Å². The van der Waals surface area contributed by atoms with E-state index in [4.69, 9.17) is 5.73 Å². The first-order valence-electron chi connectivity index (χ1n) is 6.66. The summed E-state index contributed by atoms with van der Waals surface area (Å²) >= 11 is 0. The highest BCUT2D eigenvalue weighted by atomic mass is 16.2. The predicted molar refractivity (Wildman–Crippen MR) is 75.3 cm³/mol. The number of nitrogens with zero attached hydrogens (tertiary/aromatic N) is 1. The van der Waals surface area contributed by atoms with Gasteiger partial charge in [-0.15, -0.1) is 0 Å². The molecule has 18 heavy (non-hydrogen) atoms. The van der Waals surface area contributed by atoms with E-state index in [2.05, 4.69) is 13.8 Å². The van der Waals surface area contributed by atoms with E-state index in [-0.39, 0.29) is 5.91 Å². The highest BCUT2D eigenvalue weighted by Gasteiger charge is 2.22. The van der Waals surface area contributed by atoms with Gasteiger partial charge in [-0.1, -0.05) is 44.2 Å². The molecule has 0 aromatic heterocycles. The Morgan fingerprint density at radius 3 is 2.28 bits per heavy atom. The van der Waals surface area contributed by atoms with Crippen LogP contribution in [-0.4, -0.2) is 29.9 Å². The van der Waals surface area contributed by atoms with Crippen molar-refractivity contribution >= 4 is 5.91 Å². The monoisotopic (exact) mass is 248 g/mol. The molecule has 1 atom stereocenters. The molecule has 0 aliphatic heterocycles. The van der Waals surface area contributed by atoms with Gasteiger partial charge in [-0.2, -0.15) is 0 Å². The van der Waals surface area contributed by atoms with Gasteiger partial charge in [-0.3, -0.25) is 4.79 Å². The third kappa shape index (κ3) is 3.84. The molecule has 0 bridgehead atoms. The summed E-state index contributed by atoms with van der Waals surface area (Å²) in [4.78, 5) is 14.0. The molecule has 100 valence electrons. The Kier molecular flexibility index (Phi) is 5.86. The zero-order valence-corrected chi connectivity index (χ0v) is 11.6. The molecular formula is C15H24N2O. The summed E-state index contributed by atoms with van der Waals surface area (Å²) in [5.41, 5.74) is 7.11. The number of hydrogen-bond donors (Lipinski definition) is 1. The summed E-state index contributed by atoms with van der Waals surface area (Å²) in [7, 11) is 1.85. The largest absolute Gasteiger partial charge is 0.341 e. The molecule has 0 aliphatic rings. The Hall–Kier alpha value is -1.35. The van der Waals surface area contributed by atoms with E-state index in [0.29, 0.717) is 12.5 Å². The molecule has 0 fully saturated rings. The number of carbonyl (C=O) groups is 1. The first-order valence-corrected chi connectivity index (χ1v) is 6.66.